The maximum absolute atomic E-state index is 12.9. The summed E-state index contributed by atoms with van der Waals surface area (Å²) in [5.74, 6) is -0.451. The summed E-state index contributed by atoms with van der Waals surface area (Å²) in [5.41, 5.74) is 0.990. The van der Waals surface area contributed by atoms with Crippen LogP contribution in [-0.4, -0.2) is 49.1 Å². The monoisotopic (exact) mass is 350 g/mol. The highest BCUT2D eigenvalue weighted by atomic mass is 19.1. The van der Waals surface area contributed by atoms with Crippen molar-refractivity contribution in [2.24, 2.45) is 5.92 Å². The maximum atomic E-state index is 12.9. The first-order chi connectivity index (χ1) is 12.0. The summed E-state index contributed by atoms with van der Waals surface area (Å²) < 4.78 is 17.9. The highest BCUT2D eigenvalue weighted by Gasteiger charge is 2.30. The Hall–Kier alpha value is -1.95. The summed E-state index contributed by atoms with van der Waals surface area (Å²) >= 11 is 0. The molecule has 1 atom stereocenters. The quantitative estimate of drug-likeness (QED) is 0.766. The molecule has 1 heterocycles. The molecule has 0 spiro atoms. The van der Waals surface area contributed by atoms with Gasteiger partial charge in [0.05, 0.1) is 18.6 Å². The molecule has 0 bridgehead atoms. The van der Waals surface area contributed by atoms with E-state index in [0.29, 0.717) is 19.6 Å². The summed E-state index contributed by atoms with van der Waals surface area (Å²) in [6.07, 6.45) is 2.13. The SMILES string of the molecule is CCOC(=O)C1CCN(C(C)C(=O)NCCc2ccc(F)cc2)CC1. The van der Waals surface area contributed by atoms with Gasteiger partial charge in [-0.25, -0.2) is 4.39 Å². The second kappa shape index (κ2) is 9.51. The van der Waals surface area contributed by atoms with E-state index in [-0.39, 0.29) is 29.7 Å². The molecule has 0 aromatic heterocycles. The molecule has 5 nitrogen and oxygen atoms in total. The summed E-state index contributed by atoms with van der Waals surface area (Å²) in [5, 5.41) is 2.93. The van der Waals surface area contributed by atoms with Gasteiger partial charge in [0.1, 0.15) is 5.82 Å². The molecule has 1 fully saturated rings. The lowest BCUT2D eigenvalue weighted by Gasteiger charge is -2.34. The molecule has 1 N–H and O–H groups in total. The first kappa shape index (κ1) is 19.4. The van der Waals surface area contributed by atoms with Crippen molar-refractivity contribution in [1.29, 1.82) is 0 Å². The fourth-order valence-electron chi connectivity index (χ4n) is 3.08. The highest BCUT2D eigenvalue weighted by molar-refractivity contribution is 5.81. The number of piperidine rings is 1. The van der Waals surface area contributed by atoms with Crippen molar-refractivity contribution in [3.8, 4) is 0 Å². The molecular weight excluding hydrogens is 323 g/mol. The Balaban J connectivity index is 1.71. The summed E-state index contributed by atoms with van der Waals surface area (Å²) in [6, 6.07) is 6.08. The summed E-state index contributed by atoms with van der Waals surface area (Å²) in [6.45, 7) is 6.06. The number of benzene rings is 1. The van der Waals surface area contributed by atoms with Gasteiger partial charge < -0.3 is 10.1 Å². The van der Waals surface area contributed by atoms with E-state index in [1.807, 2.05) is 13.8 Å². The van der Waals surface area contributed by atoms with Gasteiger partial charge in [0.25, 0.3) is 0 Å². The number of likely N-dealkylation sites (tertiary alicyclic amines) is 1. The Morgan fingerprint density at radius 3 is 2.52 bits per heavy atom. The van der Waals surface area contributed by atoms with E-state index in [1.165, 1.54) is 12.1 Å². The van der Waals surface area contributed by atoms with E-state index < -0.39 is 0 Å². The number of carbonyl (C=O) groups is 2. The fraction of sp³-hybridized carbons (Fsp3) is 0.579. The molecule has 1 saturated heterocycles. The molecule has 0 aliphatic carbocycles. The van der Waals surface area contributed by atoms with Crippen LogP contribution in [0.3, 0.4) is 0 Å². The van der Waals surface area contributed by atoms with Crippen LogP contribution in [-0.2, 0) is 20.7 Å². The topological polar surface area (TPSA) is 58.6 Å². The Kier molecular flexibility index (Phi) is 7.37. The van der Waals surface area contributed by atoms with Crippen LogP contribution in [0.1, 0.15) is 32.3 Å². The molecule has 1 aliphatic rings. The van der Waals surface area contributed by atoms with Crippen LogP contribution in [0.2, 0.25) is 0 Å². The number of carbonyl (C=O) groups excluding carboxylic acids is 2. The van der Waals surface area contributed by atoms with Crippen LogP contribution in [0.4, 0.5) is 4.39 Å². The standard InChI is InChI=1S/C19H27FN2O3/c1-3-25-19(24)16-9-12-22(13-10-16)14(2)18(23)21-11-8-15-4-6-17(20)7-5-15/h4-7,14,16H,3,8-13H2,1-2H3,(H,21,23). The van der Waals surface area contributed by atoms with E-state index in [0.717, 1.165) is 31.5 Å². The normalized spacial score (nSPS) is 17.1. The van der Waals surface area contributed by atoms with Crippen molar-refractivity contribution in [2.45, 2.75) is 39.2 Å². The number of halogens is 1. The lowest BCUT2D eigenvalue weighted by atomic mass is 9.96. The zero-order valence-electron chi connectivity index (χ0n) is 15.0. The van der Waals surface area contributed by atoms with E-state index in [4.69, 9.17) is 4.74 Å². The van der Waals surface area contributed by atoms with Crippen LogP contribution in [0, 0.1) is 11.7 Å². The smallest absolute Gasteiger partial charge is 0.309 e. The van der Waals surface area contributed by atoms with Crippen molar-refractivity contribution in [3.05, 3.63) is 35.6 Å². The molecule has 2 rings (SSSR count). The number of ether oxygens (including phenoxy) is 1. The average Bonchev–Trinajstić information content (AvgIpc) is 2.63. The number of hydrogen-bond donors (Lipinski definition) is 1. The molecule has 1 amide bonds. The molecule has 1 aromatic rings. The number of nitrogens with one attached hydrogen (secondary N) is 1. The van der Waals surface area contributed by atoms with Gasteiger partial charge in [-0.05, 0) is 63.9 Å². The van der Waals surface area contributed by atoms with Crippen LogP contribution in [0.25, 0.3) is 0 Å². The predicted molar refractivity (Wildman–Crippen MR) is 93.5 cm³/mol. The van der Waals surface area contributed by atoms with Crippen LogP contribution < -0.4 is 5.32 Å². The molecule has 1 aromatic carbocycles. The van der Waals surface area contributed by atoms with Crippen molar-refractivity contribution in [1.82, 2.24) is 10.2 Å². The minimum atomic E-state index is -0.257. The largest absolute Gasteiger partial charge is 0.466 e. The van der Waals surface area contributed by atoms with Gasteiger partial charge in [-0.1, -0.05) is 12.1 Å². The van der Waals surface area contributed by atoms with Crippen molar-refractivity contribution in [2.75, 3.05) is 26.2 Å². The molecule has 1 aliphatic heterocycles. The maximum Gasteiger partial charge on any atom is 0.309 e. The Morgan fingerprint density at radius 2 is 1.92 bits per heavy atom. The third kappa shape index (κ3) is 5.81. The second-order valence-electron chi connectivity index (χ2n) is 6.41. The van der Waals surface area contributed by atoms with E-state index in [1.54, 1.807) is 12.1 Å². The lowest BCUT2D eigenvalue weighted by Crippen LogP contribution is -2.49. The van der Waals surface area contributed by atoms with E-state index in [2.05, 4.69) is 10.2 Å². The van der Waals surface area contributed by atoms with Gasteiger partial charge in [0.2, 0.25) is 5.91 Å². The van der Waals surface area contributed by atoms with E-state index >= 15 is 0 Å². The number of rotatable bonds is 7. The van der Waals surface area contributed by atoms with Gasteiger partial charge in [0.15, 0.2) is 0 Å². The first-order valence-electron chi connectivity index (χ1n) is 8.94. The predicted octanol–water partition coefficient (Wildman–Crippen LogP) is 2.15. The van der Waals surface area contributed by atoms with Gasteiger partial charge >= 0.3 is 5.97 Å². The second-order valence-corrected chi connectivity index (χ2v) is 6.41. The summed E-state index contributed by atoms with van der Waals surface area (Å²) in [7, 11) is 0. The third-order valence-electron chi connectivity index (χ3n) is 4.70. The molecule has 0 radical (unpaired) electrons. The molecule has 1 unspecified atom stereocenters. The van der Waals surface area contributed by atoms with Crippen LogP contribution in [0.5, 0.6) is 0 Å². The molecule has 0 saturated carbocycles. The fourth-order valence-corrected chi connectivity index (χ4v) is 3.08. The van der Waals surface area contributed by atoms with Crippen molar-refractivity contribution >= 4 is 11.9 Å². The van der Waals surface area contributed by atoms with Gasteiger partial charge in [-0.15, -0.1) is 0 Å². The van der Waals surface area contributed by atoms with Gasteiger partial charge in [-0.2, -0.15) is 0 Å². The number of nitrogens with zero attached hydrogens (tertiary/aromatic N) is 1. The average molecular weight is 350 g/mol. The number of hydrogen-bond acceptors (Lipinski definition) is 4. The van der Waals surface area contributed by atoms with Gasteiger partial charge in [-0.3, -0.25) is 14.5 Å². The van der Waals surface area contributed by atoms with Crippen molar-refractivity contribution in [3.63, 3.8) is 0 Å². The Labute approximate surface area is 148 Å². The minimum Gasteiger partial charge on any atom is -0.466 e. The molecule has 6 heteroatoms. The zero-order chi connectivity index (χ0) is 18.2. The molecule has 25 heavy (non-hydrogen) atoms. The van der Waals surface area contributed by atoms with Crippen LogP contribution >= 0.6 is 0 Å². The number of esters is 1. The Bertz CT molecular complexity index is 569. The van der Waals surface area contributed by atoms with Crippen molar-refractivity contribution < 1.29 is 18.7 Å². The first-order valence-corrected chi connectivity index (χ1v) is 8.94. The molecule has 138 valence electrons. The number of amides is 1. The minimum absolute atomic E-state index is 0.0169. The summed E-state index contributed by atoms with van der Waals surface area (Å²) in [4.78, 5) is 26.2. The van der Waals surface area contributed by atoms with Crippen LogP contribution in [0.15, 0.2) is 24.3 Å². The van der Waals surface area contributed by atoms with E-state index in [9.17, 15) is 14.0 Å². The zero-order valence-corrected chi connectivity index (χ0v) is 15.0. The molecular formula is C19H27FN2O3. The highest BCUT2D eigenvalue weighted by Crippen LogP contribution is 2.20. The third-order valence-corrected chi connectivity index (χ3v) is 4.70. The Morgan fingerprint density at radius 1 is 1.28 bits per heavy atom. The van der Waals surface area contributed by atoms with Gasteiger partial charge in [0, 0.05) is 6.54 Å². The lowest BCUT2D eigenvalue weighted by molar-refractivity contribution is -0.149.